The van der Waals surface area contributed by atoms with Gasteiger partial charge in [-0.2, -0.15) is 29.9 Å². The van der Waals surface area contributed by atoms with Crippen LogP contribution in [0.15, 0.2) is 24.8 Å². The molecule has 0 fully saturated rings. The average Bonchev–Trinajstić information content (AvgIpc) is 2.43. The van der Waals surface area contributed by atoms with Crippen LogP contribution >= 0.6 is 0 Å². The van der Waals surface area contributed by atoms with Gasteiger partial charge < -0.3 is 0 Å². The number of hydrogen-bond donors (Lipinski definition) is 2. The Hall–Kier alpha value is -1.72. The second kappa shape index (κ2) is 1.90. The molecule has 0 bridgehead atoms. The van der Waals surface area contributed by atoms with Gasteiger partial charge in [-0.05, 0) is 0 Å². The van der Waals surface area contributed by atoms with Gasteiger partial charge in [0.05, 0.1) is 24.8 Å². The Balaban J connectivity index is 0.0000000807. The molecule has 0 amide bonds. The fraction of sp³-hybridized carbons (Fsp3) is 0. The molecule has 0 spiro atoms. The van der Waals surface area contributed by atoms with Crippen LogP contribution in [0.5, 0.6) is 0 Å². The summed E-state index contributed by atoms with van der Waals surface area (Å²) < 4.78 is 3.75. The predicted octanol–water partition coefficient (Wildman–Crippen LogP) is -0.391. The molecule has 0 saturated heterocycles. The first-order valence-electron chi connectivity index (χ1n) is 2.79. The number of aromatic amines is 2. The molecule has 3 aromatic rings. The van der Waals surface area contributed by atoms with E-state index in [0.717, 1.165) is 0 Å². The number of hydrogen-bond acceptors (Lipinski definition) is 2. The lowest BCUT2D eigenvalue weighted by Gasteiger charge is -1.69. The van der Waals surface area contributed by atoms with Gasteiger partial charge in [0.25, 0.3) is 0 Å². The molecule has 6 heteroatoms. The summed E-state index contributed by atoms with van der Waals surface area (Å²) in [5, 5.41) is 12.2. The molecule has 3 aromatic heterocycles. The van der Waals surface area contributed by atoms with Crippen LogP contribution in [0.1, 0.15) is 0 Å². The minimum absolute atomic E-state index is 1.58. The van der Waals surface area contributed by atoms with Gasteiger partial charge in [-0.15, -0.1) is 0 Å². The first kappa shape index (κ1) is 5.10. The number of nitrogens with zero attached hydrogens (tertiary/aromatic N) is 4. The van der Waals surface area contributed by atoms with E-state index in [-0.39, 0.29) is 0 Å². The van der Waals surface area contributed by atoms with Crippen molar-refractivity contribution in [1.29, 1.82) is 0 Å². The van der Waals surface area contributed by atoms with E-state index in [1.165, 1.54) is 0 Å². The molecule has 0 aliphatic carbocycles. The van der Waals surface area contributed by atoms with Crippen LogP contribution in [0.3, 0.4) is 0 Å². The van der Waals surface area contributed by atoms with Crippen molar-refractivity contribution in [3.63, 3.8) is 0 Å². The molecule has 0 atom stereocenters. The second-order valence-corrected chi connectivity index (χ2v) is 1.74. The molecule has 2 N–H and O–H groups in total. The number of nitrogens with one attached hydrogen (secondary N) is 2. The zero-order chi connectivity index (χ0) is 6.81. The van der Waals surface area contributed by atoms with Gasteiger partial charge in [-0.1, -0.05) is 0 Å². The molecule has 0 aromatic carbocycles. The number of aromatic nitrogens is 6. The van der Waals surface area contributed by atoms with Gasteiger partial charge in [-0.25, -0.2) is 0 Å². The van der Waals surface area contributed by atoms with Crippen molar-refractivity contribution in [3.8, 4) is 0 Å². The molecular weight excluding hydrogens is 132 g/mol. The van der Waals surface area contributed by atoms with Crippen molar-refractivity contribution in [2.45, 2.75) is 0 Å². The normalized spacial score (nSPS) is 10.0. The van der Waals surface area contributed by atoms with Gasteiger partial charge in [-0.3, -0.25) is 0 Å². The van der Waals surface area contributed by atoms with Crippen molar-refractivity contribution < 1.29 is 0 Å². The van der Waals surface area contributed by atoms with Gasteiger partial charge in [0.1, 0.15) is 0 Å². The fourth-order valence-corrected chi connectivity index (χ4v) is 0.518. The maximum absolute atomic E-state index is 3.49. The number of H-pyrrole nitrogens is 2. The van der Waals surface area contributed by atoms with Crippen LogP contribution in [0.25, 0.3) is 0 Å². The van der Waals surface area contributed by atoms with Crippen LogP contribution < -0.4 is 0 Å². The van der Waals surface area contributed by atoms with E-state index in [2.05, 4.69) is 20.6 Å². The monoisotopic (exact) mass is 138 g/mol. The fourth-order valence-electron chi connectivity index (χ4n) is 0.518. The molecule has 6 nitrogen and oxygen atoms in total. The zero-order valence-electron chi connectivity index (χ0n) is 5.10. The summed E-state index contributed by atoms with van der Waals surface area (Å²) in [6.45, 7) is 0. The second-order valence-electron chi connectivity index (χ2n) is 1.74. The van der Waals surface area contributed by atoms with E-state index in [0.29, 0.717) is 0 Å². The van der Waals surface area contributed by atoms with Crippen LogP contribution in [-0.4, -0.2) is 29.9 Å². The maximum atomic E-state index is 3.49. The molecule has 0 radical (unpaired) electrons. The molecule has 3 rings (SSSR count). The zero-order valence-corrected chi connectivity index (χ0v) is 5.10. The molecule has 0 aliphatic heterocycles. The first-order valence-corrected chi connectivity index (χ1v) is 2.79. The minimum atomic E-state index is 1.58. The maximum Gasteiger partial charge on any atom is 0.0690 e. The van der Waals surface area contributed by atoms with Crippen molar-refractivity contribution in [2.75, 3.05) is 0 Å². The lowest BCUT2D eigenvalue weighted by molar-refractivity contribution is 0.940. The Labute approximate surface area is 55.7 Å². The van der Waals surface area contributed by atoms with E-state index < -0.39 is 0 Å². The van der Waals surface area contributed by atoms with Crippen LogP contribution in [-0.2, 0) is 0 Å². The third-order valence-corrected chi connectivity index (χ3v) is 1.08. The molecule has 0 unspecified atom stereocenters. The third-order valence-electron chi connectivity index (χ3n) is 1.08. The number of fused-ring (bicyclic) bond motifs is 1. The van der Waals surface area contributed by atoms with Crippen molar-refractivity contribution in [2.24, 2.45) is 0 Å². The summed E-state index contributed by atoms with van der Waals surface area (Å²) >= 11 is 0. The summed E-state index contributed by atoms with van der Waals surface area (Å²) in [4.78, 5) is 0. The summed E-state index contributed by atoms with van der Waals surface area (Å²) in [6, 6.07) is 0. The largest absolute Gasteiger partial charge is 0.198 e. The minimum Gasteiger partial charge on any atom is -0.198 e. The first-order chi connectivity index (χ1) is 4.97. The van der Waals surface area contributed by atoms with E-state index in [1.54, 1.807) is 12.4 Å². The van der Waals surface area contributed by atoms with Gasteiger partial charge in [0, 0.05) is 0 Å². The Morgan fingerprint density at radius 1 is 1.00 bits per heavy atom. The predicted molar refractivity (Wildman–Crippen MR) is 32.8 cm³/mol. The number of rotatable bonds is 0. The molecule has 52 valence electrons. The Morgan fingerprint density at radius 3 is 1.70 bits per heavy atom. The summed E-state index contributed by atoms with van der Waals surface area (Å²) in [6.07, 6.45) is 7.06. The molecule has 3 heterocycles. The average molecular weight is 138 g/mol. The lowest BCUT2D eigenvalue weighted by Crippen LogP contribution is -1.75. The van der Waals surface area contributed by atoms with Crippen LogP contribution in [0.4, 0.5) is 0 Å². The van der Waals surface area contributed by atoms with E-state index in [1.807, 2.05) is 21.7 Å². The SMILES string of the molecule is c1cn2[nH]n12.c1cn[nH]n1. The smallest absolute Gasteiger partial charge is 0.0690 e. The summed E-state index contributed by atoms with van der Waals surface area (Å²) in [7, 11) is 0. The van der Waals surface area contributed by atoms with Crippen LogP contribution in [0.2, 0.25) is 0 Å². The van der Waals surface area contributed by atoms with E-state index in [4.69, 9.17) is 0 Å². The highest BCUT2D eigenvalue weighted by molar-refractivity contribution is 4.73. The van der Waals surface area contributed by atoms with Crippen LogP contribution in [0, 0.1) is 0 Å². The molecule has 10 heavy (non-hydrogen) atoms. The van der Waals surface area contributed by atoms with E-state index in [9.17, 15) is 0 Å². The molecule has 0 aliphatic rings. The van der Waals surface area contributed by atoms with Gasteiger partial charge in [0.15, 0.2) is 0 Å². The Bertz CT molecular complexity index is 284. The highest BCUT2D eigenvalue weighted by Gasteiger charge is 1.92. The molecular formula is C4H6N6. The Kier molecular flexibility index (Phi) is 0.970. The lowest BCUT2D eigenvalue weighted by atomic mass is 10.9. The Morgan fingerprint density at radius 2 is 1.60 bits per heavy atom. The standard InChI is InChI=1S/2C2H3N3/c1-2-5-3-4(1)5;1-2-4-5-3-1/h1-3H;1-2H,(H,3,4,5). The van der Waals surface area contributed by atoms with Crippen molar-refractivity contribution in [3.05, 3.63) is 24.8 Å². The molecule has 0 saturated carbocycles. The topological polar surface area (TPSA) is 66.2 Å². The van der Waals surface area contributed by atoms with Gasteiger partial charge >= 0.3 is 0 Å². The third kappa shape index (κ3) is 0.859. The van der Waals surface area contributed by atoms with E-state index >= 15 is 0 Å². The highest BCUT2D eigenvalue weighted by atomic mass is 15.8. The van der Waals surface area contributed by atoms with Gasteiger partial charge in [0.2, 0.25) is 0 Å². The quantitative estimate of drug-likeness (QED) is 0.444. The van der Waals surface area contributed by atoms with Crippen molar-refractivity contribution in [1.82, 2.24) is 29.9 Å². The van der Waals surface area contributed by atoms with Crippen molar-refractivity contribution >= 4 is 0 Å². The highest BCUT2D eigenvalue weighted by Crippen LogP contribution is 1.86. The summed E-state index contributed by atoms with van der Waals surface area (Å²) in [5.74, 6) is 0. The summed E-state index contributed by atoms with van der Waals surface area (Å²) in [5.41, 5.74) is 0.